The second kappa shape index (κ2) is 6.79. The van der Waals surface area contributed by atoms with Crippen molar-refractivity contribution in [1.82, 2.24) is 5.32 Å². The minimum atomic E-state index is -0.00714. The third kappa shape index (κ3) is 3.66. The van der Waals surface area contributed by atoms with E-state index in [1.807, 2.05) is 19.1 Å². The van der Waals surface area contributed by atoms with Gasteiger partial charge in [-0.15, -0.1) is 0 Å². The van der Waals surface area contributed by atoms with Gasteiger partial charge in [0.2, 0.25) is 5.91 Å². The van der Waals surface area contributed by atoms with Crippen LogP contribution in [0.1, 0.15) is 31.2 Å². The lowest BCUT2D eigenvalue weighted by molar-refractivity contribution is -0.122. The molecule has 1 fully saturated rings. The molecule has 1 aromatic carbocycles. The summed E-state index contributed by atoms with van der Waals surface area (Å²) in [6.07, 6.45) is 1.52. The maximum absolute atomic E-state index is 12.0. The molecule has 2 rings (SSSR count). The van der Waals surface area contributed by atoms with Crippen molar-refractivity contribution in [2.24, 2.45) is 11.8 Å². The van der Waals surface area contributed by atoms with Crippen molar-refractivity contribution in [3.63, 3.8) is 0 Å². The second-order valence-corrected chi connectivity index (χ2v) is 6.24. The zero-order valence-corrected chi connectivity index (χ0v) is 12.9. The van der Waals surface area contributed by atoms with E-state index >= 15 is 0 Å². The van der Waals surface area contributed by atoms with Gasteiger partial charge >= 0.3 is 0 Å². The van der Waals surface area contributed by atoms with Crippen molar-refractivity contribution >= 4 is 29.1 Å². The molecule has 0 aliphatic heterocycles. The molecule has 110 valence electrons. The summed E-state index contributed by atoms with van der Waals surface area (Å²) in [5.41, 5.74) is 0.961. The maximum Gasteiger partial charge on any atom is 0.223 e. The van der Waals surface area contributed by atoms with Gasteiger partial charge in [-0.1, -0.05) is 42.3 Å². The molecule has 1 saturated carbocycles. The molecule has 0 saturated heterocycles. The van der Waals surface area contributed by atoms with Gasteiger partial charge in [0.05, 0.1) is 10.0 Å². The number of amides is 1. The normalized spacial score (nSPS) is 22.4. The van der Waals surface area contributed by atoms with Gasteiger partial charge in [0, 0.05) is 19.1 Å². The zero-order chi connectivity index (χ0) is 14.7. The first-order valence-electron chi connectivity index (χ1n) is 6.87. The van der Waals surface area contributed by atoms with Crippen LogP contribution in [0.15, 0.2) is 18.2 Å². The molecule has 20 heavy (non-hydrogen) atoms. The van der Waals surface area contributed by atoms with Crippen molar-refractivity contribution in [1.29, 1.82) is 0 Å². The van der Waals surface area contributed by atoms with Crippen molar-refractivity contribution < 1.29 is 9.90 Å². The van der Waals surface area contributed by atoms with Gasteiger partial charge in [-0.05, 0) is 36.3 Å². The summed E-state index contributed by atoms with van der Waals surface area (Å²) >= 11 is 12.2. The number of aliphatic hydroxyl groups excluding tert-OH is 1. The Labute approximate surface area is 129 Å². The number of carbonyl (C=O) groups is 1. The predicted octanol–water partition coefficient (Wildman–Crippen LogP) is 3.23. The molecule has 0 spiro atoms. The molecule has 1 aliphatic carbocycles. The number of hydrogen-bond donors (Lipinski definition) is 2. The lowest BCUT2D eigenvalue weighted by atomic mass is 10.1. The fourth-order valence-corrected chi connectivity index (χ4v) is 2.81. The molecule has 1 aromatic rings. The fourth-order valence-electron chi connectivity index (χ4n) is 2.36. The van der Waals surface area contributed by atoms with Gasteiger partial charge in [-0.2, -0.15) is 0 Å². The summed E-state index contributed by atoms with van der Waals surface area (Å²) in [6.45, 7) is 2.77. The van der Waals surface area contributed by atoms with E-state index in [0.717, 1.165) is 12.0 Å². The number of aliphatic hydroxyl groups is 1. The van der Waals surface area contributed by atoms with Crippen LogP contribution in [-0.2, 0) is 4.79 Å². The first kappa shape index (κ1) is 15.6. The molecular formula is C15H19Cl2NO2. The summed E-state index contributed by atoms with van der Waals surface area (Å²) in [5.74, 6) is 0.522. The van der Waals surface area contributed by atoms with E-state index in [1.165, 1.54) is 0 Å². The quantitative estimate of drug-likeness (QED) is 0.846. The fraction of sp³-hybridized carbons (Fsp3) is 0.533. The minimum absolute atomic E-state index is 0.00714. The molecule has 1 aliphatic rings. The number of halogens is 2. The standard InChI is InChI=1S/C15H19Cl2NO2/c1-9(5-6-19)8-18-15(20)12-7-11(12)10-3-2-4-13(16)14(10)17/h2-4,9,11-12,19H,5-8H2,1H3,(H,18,20). The predicted molar refractivity (Wildman–Crippen MR) is 81.2 cm³/mol. The van der Waals surface area contributed by atoms with Crippen molar-refractivity contribution in [2.45, 2.75) is 25.7 Å². The highest BCUT2D eigenvalue weighted by Gasteiger charge is 2.44. The Balaban J connectivity index is 1.88. The highest BCUT2D eigenvalue weighted by molar-refractivity contribution is 6.42. The van der Waals surface area contributed by atoms with Crippen molar-refractivity contribution in [3.8, 4) is 0 Å². The number of hydrogen-bond acceptors (Lipinski definition) is 2. The molecule has 0 radical (unpaired) electrons. The van der Waals surface area contributed by atoms with Crippen LogP contribution in [-0.4, -0.2) is 24.2 Å². The van der Waals surface area contributed by atoms with E-state index in [4.69, 9.17) is 28.3 Å². The second-order valence-electron chi connectivity index (χ2n) is 5.45. The van der Waals surface area contributed by atoms with E-state index in [2.05, 4.69) is 5.32 Å². The molecule has 5 heteroatoms. The highest BCUT2D eigenvalue weighted by atomic mass is 35.5. The monoisotopic (exact) mass is 315 g/mol. The van der Waals surface area contributed by atoms with Crippen LogP contribution in [0.5, 0.6) is 0 Å². The maximum atomic E-state index is 12.0. The van der Waals surface area contributed by atoms with E-state index < -0.39 is 0 Å². The van der Waals surface area contributed by atoms with E-state index in [9.17, 15) is 4.79 Å². The lowest BCUT2D eigenvalue weighted by Crippen LogP contribution is -2.30. The van der Waals surface area contributed by atoms with Crippen LogP contribution in [0.2, 0.25) is 10.0 Å². The largest absolute Gasteiger partial charge is 0.396 e. The Morgan fingerprint density at radius 3 is 2.95 bits per heavy atom. The molecule has 0 bridgehead atoms. The number of nitrogens with one attached hydrogen (secondary N) is 1. The SMILES string of the molecule is CC(CCO)CNC(=O)C1CC1c1cccc(Cl)c1Cl. The average Bonchev–Trinajstić information content (AvgIpc) is 3.20. The third-order valence-corrected chi connectivity index (χ3v) is 4.59. The van der Waals surface area contributed by atoms with Gasteiger partial charge in [-0.25, -0.2) is 0 Å². The van der Waals surface area contributed by atoms with Crippen LogP contribution in [0.4, 0.5) is 0 Å². The topological polar surface area (TPSA) is 49.3 Å². The Bertz CT molecular complexity index is 493. The Kier molecular flexibility index (Phi) is 5.30. The van der Waals surface area contributed by atoms with E-state index in [-0.39, 0.29) is 30.3 Å². The molecule has 3 unspecified atom stereocenters. The lowest BCUT2D eigenvalue weighted by Gasteiger charge is -2.11. The molecule has 3 atom stereocenters. The summed E-state index contributed by atoms with van der Waals surface area (Å²) in [7, 11) is 0. The Morgan fingerprint density at radius 1 is 1.50 bits per heavy atom. The minimum Gasteiger partial charge on any atom is -0.396 e. The van der Waals surface area contributed by atoms with Gasteiger partial charge in [-0.3, -0.25) is 4.79 Å². The summed E-state index contributed by atoms with van der Waals surface area (Å²) in [6, 6.07) is 5.54. The van der Waals surface area contributed by atoms with E-state index in [1.54, 1.807) is 6.07 Å². The highest BCUT2D eigenvalue weighted by Crippen LogP contribution is 2.50. The van der Waals surface area contributed by atoms with Gasteiger partial charge in [0.25, 0.3) is 0 Å². The molecular weight excluding hydrogens is 297 g/mol. The zero-order valence-electron chi connectivity index (χ0n) is 11.4. The number of rotatable bonds is 6. The molecule has 2 N–H and O–H groups in total. The summed E-state index contributed by atoms with van der Waals surface area (Å²) < 4.78 is 0. The average molecular weight is 316 g/mol. The molecule has 0 heterocycles. The molecule has 1 amide bonds. The third-order valence-electron chi connectivity index (χ3n) is 3.75. The molecule has 3 nitrogen and oxygen atoms in total. The van der Waals surface area contributed by atoms with Gasteiger partial charge in [0.1, 0.15) is 0 Å². The van der Waals surface area contributed by atoms with Gasteiger partial charge in [0.15, 0.2) is 0 Å². The smallest absolute Gasteiger partial charge is 0.223 e. The Hall–Kier alpha value is -0.770. The number of carbonyl (C=O) groups excluding carboxylic acids is 1. The van der Waals surface area contributed by atoms with E-state index in [0.29, 0.717) is 23.0 Å². The molecule has 0 aromatic heterocycles. The Morgan fingerprint density at radius 2 is 2.25 bits per heavy atom. The first-order chi connectivity index (χ1) is 9.54. The van der Waals surface area contributed by atoms with Crippen LogP contribution in [0, 0.1) is 11.8 Å². The van der Waals surface area contributed by atoms with Crippen LogP contribution in [0.25, 0.3) is 0 Å². The summed E-state index contributed by atoms with van der Waals surface area (Å²) in [5, 5.41) is 12.9. The van der Waals surface area contributed by atoms with Crippen LogP contribution in [0.3, 0.4) is 0 Å². The first-order valence-corrected chi connectivity index (χ1v) is 7.62. The number of benzene rings is 1. The van der Waals surface area contributed by atoms with Crippen molar-refractivity contribution in [2.75, 3.05) is 13.2 Å². The van der Waals surface area contributed by atoms with Crippen LogP contribution >= 0.6 is 23.2 Å². The van der Waals surface area contributed by atoms with Gasteiger partial charge < -0.3 is 10.4 Å². The van der Waals surface area contributed by atoms with Crippen LogP contribution < -0.4 is 5.32 Å². The summed E-state index contributed by atoms with van der Waals surface area (Å²) in [4.78, 5) is 12.0. The van der Waals surface area contributed by atoms with Crippen molar-refractivity contribution in [3.05, 3.63) is 33.8 Å².